The van der Waals surface area contributed by atoms with Crippen LogP contribution in [-0.2, 0) is 0 Å². The minimum Gasteiger partial charge on any atom is -0.497 e. The van der Waals surface area contributed by atoms with Gasteiger partial charge in [0, 0.05) is 11.3 Å². The topological polar surface area (TPSA) is 84.1 Å². The molecule has 126 valence electrons. The molecule has 0 saturated carbocycles. The Morgan fingerprint density at radius 3 is 2.44 bits per heavy atom. The summed E-state index contributed by atoms with van der Waals surface area (Å²) in [5, 5.41) is 2.59. The van der Waals surface area contributed by atoms with E-state index in [1.165, 1.54) is 30.3 Å². The maximum Gasteiger partial charge on any atom is 0.346 e. The highest BCUT2D eigenvalue weighted by Crippen LogP contribution is 2.20. The van der Waals surface area contributed by atoms with Crippen LogP contribution in [0.15, 0.2) is 59.4 Å². The monoisotopic (exact) mass is 339 g/mol. The van der Waals surface area contributed by atoms with E-state index < -0.39 is 17.4 Å². The molecule has 6 nitrogen and oxygen atoms in total. The first-order valence-electron chi connectivity index (χ1n) is 7.38. The van der Waals surface area contributed by atoms with E-state index in [9.17, 15) is 14.0 Å². The van der Waals surface area contributed by atoms with Gasteiger partial charge in [0.05, 0.1) is 12.8 Å². The van der Waals surface area contributed by atoms with Crippen LogP contribution < -0.4 is 15.7 Å². The van der Waals surface area contributed by atoms with Gasteiger partial charge in [0.25, 0.3) is 5.91 Å². The summed E-state index contributed by atoms with van der Waals surface area (Å²) in [4.78, 5) is 30.4. The maximum atomic E-state index is 12.9. The zero-order valence-electron chi connectivity index (χ0n) is 13.2. The number of H-pyrrole nitrogens is 1. The lowest BCUT2D eigenvalue weighted by Gasteiger charge is -2.07. The molecule has 0 unspecified atom stereocenters. The number of amides is 1. The molecule has 0 atom stereocenters. The SMILES string of the molecule is COc1ccc(-c2cc(C(=O)Nc3ccc(F)cc3)[nH]c(=O)n2)cc1. The summed E-state index contributed by atoms with van der Waals surface area (Å²) in [6.07, 6.45) is 0. The van der Waals surface area contributed by atoms with Gasteiger partial charge in [0.2, 0.25) is 0 Å². The quantitative estimate of drug-likeness (QED) is 0.765. The predicted octanol–water partition coefficient (Wildman–Crippen LogP) is 2.84. The molecule has 3 aromatic rings. The van der Waals surface area contributed by atoms with Crippen molar-refractivity contribution in [1.82, 2.24) is 9.97 Å². The number of nitrogens with zero attached hydrogens (tertiary/aromatic N) is 1. The lowest BCUT2D eigenvalue weighted by atomic mass is 10.1. The first kappa shape index (κ1) is 16.4. The number of nitrogens with one attached hydrogen (secondary N) is 2. The minimum atomic E-state index is -0.641. The Balaban J connectivity index is 1.88. The Morgan fingerprint density at radius 1 is 1.12 bits per heavy atom. The largest absolute Gasteiger partial charge is 0.497 e. The summed E-state index contributed by atoms with van der Waals surface area (Å²) in [7, 11) is 1.55. The van der Waals surface area contributed by atoms with Crippen molar-refractivity contribution in [3.63, 3.8) is 0 Å². The van der Waals surface area contributed by atoms with Gasteiger partial charge in [-0.3, -0.25) is 4.79 Å². The van der Waals surface area contributed by atoms with Crippen molar-refractivity contribution in [3.8, 4) is 17.0 Å². The molecule has 1 amide bonds. The van der Waals surface area contributed by atoms with Crippen LogP contribution in [0.1, 0.15) is 10.5 Å². The Bertz CT molecular complexity index is 951. The van der Waals surface area contributed by atoms with Gasteiger partial charge in [-0.05, 0) is 54.6 Å². The van der Waals surface area contributed by atoms with Crippen molar-refractivity contribution < 1.29 is 13.9 Å². The van der Waals surface area contributed by atoms with Crippen LogP contribution in [0.4, 0.5) is 10.1 Å². The molecule has 0 fully saturated rings. The first-order chi connectivity index (χ1) is 12.0. The third kappa shape index (κ3) is 3.89. The van der Waals surface area contributed by atoms with Crippen molar-refractivity contribution in [3.05, 3.63) is 76.6 Å². The van der Waals surface area contributed by atoms with E-state index in [4.69, 9.17) is 4.74 Å². The number of benzene rings is 2. The van der Waals surface area contributed by atoms with E-state index in [2.05, 4.69) is 15.3 Å². The van der Waals surface area contributed by atoms with Crippen LogP contribution in [0.2, 0.25) is 0 Å². The molecule has 2 N–H and O–H groups in total. The smallest absolute Gasteiger partial charge is 0.346 e. The van der Waals surface area contributed by atoms with Crippen LogP contribution >= 0.6 is 0 Å². The van der Waals surface area contributed by atoms with Crippen molar-refractivity contribution in [1.29, 1.82) is 0 Å². The molecule has 0 saturated heterocycles. The average Bonchev–Trinajstić information content (AvgIpc) is 2.63. The first-order valence-corrected chi connectivity index (χ1v) is 7.38. The number of hydrogen-bond donors (Lipinski definition) is 2. The van der Waals surface area contributed by atoms with E-state index in [1.807, 2.05) is 0 Å². The fourth-order valence-corrected chi connectivity index (χ4v) is 2.22. The highest BCUT2D eigenvalue weighted by atomic mass is 19.1. The normalized spacial score (nSPS) is 10.3. The average molecular weight is 339 g/mol. The van der Waals surface area contributed by atoms with Gasteiger partial charge >= 0.3 is 5.69 Å². The fraction of sp³-hybridized carbons (Fsp3) is 0.0556. The van der Waals surface area contributed by atoms with E-state index in [-0.39, 0.29) is 5.69 Å². The third-order valence-corrected chi connectivity index (χ3v) is 3.48. The summed E-state index contributed by atoms with van der Waals surface area (Å²) in [5.74, 6) is -0.263. The zero-order chi connectivity index (χ0) is 17.8. The van der Waals surface area contributed by atoms with Gasteiger partial charge in [-0.2, -0.15) is 4.98 Å². The number of methoxy groups -OCH3 is 1. The molecular formula is C18H14FN3O3. The van der Waals surface area contributed by atoms with Crippen LogP contribution in [0.25, 0.3) is 11.3 Å². The summed E-state index contributed by atoms with van der Waals surface area (Å²) in [6, 6.07) is 13.7. The van der Waals surface area contributed by atoms with Gasteiger partial charge in [0.15, 0.2) is 0 Å². The maximum absolute atomic E-state index is 12.9. The van der Waals surface area contributed by atoms with E-state index in [1.54, 1.807) is 31.4 Å². The molecule has 25 heavy (non-hydrogen) atoms. The van der Waals surface area contributed by atoms with Crippen LogP contribution in [0.5, 0.6) is 5.75 Å². The molecule has 2 aromatic carbocycles. The van der Waals surface area contributed by atoms with E-state index >= 15 is 0 Å². The van der Waals surface area contributed by atoms with Crippen LogP contribution in [0.3, 0.4) is 0 Å². The van der Waals surface area contributed by atoms with Crippen LogP contribution in [0, 0.1) is 5.82 Å². The van der Waals surface area contributed by atoms with Crippen molar-refractivity contribution >= 4 is 11.6 Å². The summed E-state index contributed by atoms with van der Waals surface area (Å²) in [6.45, 7) is 0. The molecule has 0 bridgehead atoms. The number of aromatic nitrogens is 2. The molecule has 0 aliphatic rings. The number of halogens is 1. The molecule has 1 heterocycles. The van der Waals surface area contributed by atoms with Gasteiger partial charge < -0.3 is 15.0 Å². The molecule has 1 aromatic heterocycles. The summed E-state index contributed by atoms with van der Waals surface area (Å²) in [5.41, 5.74) is 0.848. The van der Waals surface area contributed by atoms with Crippen molar-refractivity contribution in [2.45, 2.75) is 0 Å². The van der Waals surface area contributed by atoms with Crippen molar-refractivity contribution in [2.24, 2.45) is 0 Å². The van der Waals surface area contributed by atoms with E-state index in [0.29, 0.717) is 22.7 Å². The number of anilines is 1. The van der Waals surface area contributed by atoms with Crippen LogP contribution in [-0.4, -0.2) is 23.0 Å². The molecule has 0 spiro atoms. The summed E-state index contributed by atoms with van der Waals surface area (Å²) >= 11 is 0. The molecule has 3 rings (SSSR count). The van der Waals surface area contributed by atoms with Gasteiger partial charge in [0.1, 0.15) is 17.3 Å². The molecule has 0 aliphatic heterocycles. The lowest BCUT2D eigenvalue weighted by Crippen LogP contribution is -2.21. The minimum absolute atomic E-state index is 0.0511. The number of hydrogen-bond acceptors (Lipinski definition) is 4. The number of aromatic amines is 1. The Morgan fingerprint density at radius 2 is 1.80 bits per heavy atom. The number of ether oxygens (including phenoxy) is 1. The zero-order valence-corrected chi connectivity index (χ0v) is 13.2. The molecule has 0 radical (unpaired) electrons. The third-order valence-electron chi connectivity index (χ3n) is 3.48. The fourth-order valence-electron chi connectivity index (χ4n) is 2.22. The predicted molar refractivity (Wildman–Crippen MR) is 91.2 cm³/mol. The highest BCUT2D eigenvalue weighted by molar-refractivity contribution is 6.03. The van der Waals surface area contributed by atoms with E-state index in [0.717, 1.165) is 0 Å². The Hall–Kier alpha value is -3.48. The Labute approximate surface area is 142 Å². The van der Waals surface area contributed by atoms with Gasteiger partial charge in [-0.15, -0.1) is 0 Å². The standard InChI is InChI=1S/C18H14FN3O3/c1-25-14-8-2-11(3-9-14)15-10-16(22-18(24)21-15)17(23)20-13-6-4-12(19)5-7-13/h2-10H,1H3,(H,20,23)(H,21,22,24). The number of rotatable bonds is 4. The lowest BCUT2D eigenvalue weighted by molar-refractivity contribution is 0.102. The second-order valence-electron chi connectivity index (χ2n) is 5.17. The molecular weight excluding hydrogens is 325 g/mol. The number of carbonyl (C=O) groups excluding carboxylic acids is 1. The Kier molecular flexibility index (Phi) is 4.56. The van der Waals surface area contributed by atoms with Gasteiger partial charge in [-0.25, -0.2) is 9.18 Å². The molecule has 0 aliphatic carbocycles. The highest BCUT2D eigenvalue weighted by Gasteiger charge is 2.11. The van der Waals surface area contributed by atoms with Gasteiger partial charge in [-0.1, -0.05) is 0 Å². The molecule has 7 heteroatoms. The second kappa shape index (κ2) is 6.96. The van der Waals surface area contributed by atoms with Crippen molar-refractivity contribution in [2.75, 3.05) is 12.4 Å². The number of carbonyl (C=O) groups is 1. The second-order valence-corrected chi connectivity index (χ2v) is 5.17. The summed E-state index contributed by atoms with van der Waals surface area (Å²) < 4.78 is 18.0.